The second-order valence-corrected chi connectivity index (χ2v) is 4.89. The zero-order valence-electron chi connectivity index (χ0n) is 9.78. The Morgan fingerprint density at radius 3 is 2.50 bits per heavy atom. The van der Waals surface area contributed by atoms with E-state index in [0.717, 1.165) is 22.6 Å². The Labute approximate surface area is 94.9 Å². The van der Waals surface area contributed by atoms with Crippen molar-refractivity contribution in [3.8, 4) is 11.4 Å². The van der Waals surface area contributed by atoms with Crippen LogP contribution >= 0.6 is 0 Å². The normalized spacial score (nSPS) is 11.7. The van der Waals surface area contributed by atoms with Crippen LogP contribution in [0.2, 0.25) is 0 Å². The Hall–Kier alpha value is -1.84. The molecule has 2 rings (SSSR count). The third-order valence-electron chi connectivity index (χ3n) is 2.55. The van der Waals surface area contributed by atoms with E-state index < -0.39 is 0 Å². The van der Waals surface area contributed by atoms with Crippen LogP contribution in [0.5, 0.6) is 0 Å². The number of rotatable bonds is 1. The van der Waals surface area contributed by atoms with Gasteiger partial charge in [0, 0.05) is 11.3 Å². The smallest absolute Gasteiger partial charge is 0.155 e. The number of H-pyrrole nitrogens is 1. The summed E-state index contributed by atoms with van der Waals surface area (Å²) in [5.41, 5.74) is 9.01. The van der Waals surface area contributed by atoms with E-state index in [1.54, 1.807) is 0 Å². The molecule has 4 nitrogen and oxygen atoms in total. The molecule has 1 aromatic carbocycles. The molecule has 2 aromatic rings. The molecule has 0 bridgehead atoms. The molecule has 0 saturated heterocycles. The van der Waals surface area contributed by atoms with Crippen molar-refractivity contribution in [2.75, 3.05) is 5.73 Å². The number of hydrogen-bond acceptors (Lipinski definition) is 3. The highest BCUT2D eigenvalue weighted by atomic mass is 15.2. The van der Waals surface area contributed by atoms with Crippen LogP contribution in [-0.2, 0) is 5.41 Å². The number of nitrogens with two attached hydrogens (primary N) is 1. The molecule has 0 aliphatic rings. The fourth-order valence-corrected chi connectivity index (χ4v) is 1.74. The number of benzene rings is 1. The molecule has 0 amide bonds. The topological polar surface area (TPSA) is 67.6 Å². The molecule has 0 atom stereocenters. The maximum Gasteiger partial charge on any atom is 0.155 e. The van der Waals surface area contributed by atoms with Gasteiger partial charge in [-0.25, -0.2) is 4.98 Å². The molecule has 4 heteroatoms. The SMILES string of the molecule is CC(C)(C)c1ccc(-c2ncn[nH]2)cc1N. The van der Waals surface area contributed by atoms with Gasteiger partial charge in [0.15, 0.2) is 5.82 Å². The predicted molar refractivity (Wildman–Crippen MR) is 64.9 cm³/mol. The lowest BCUT2D eigenvalue weighted by molar-refractivity contribution is 0.592. The highest BCUT2D eigenvalue weighted by molar-refractivity contribution is 5.64. The van der Waals surface area contributed by atoms with Crippen LogP contribution in [0, 0.1) is 0 Å². The fourth-order valence-electron chi connectivity index (χ4n) is 1.74. The van der Waals surface area contributed by atoms with Crippen LogP contribution in [0.15, 0.2) is 24.5 Å². The van der Waals surface area contributed by atoms with Crippen molar-refractivity contribution in [2.24, 2.45) is 0 Å². The molecular formula is C12H16N4. The molecule has 0 radical (unpaired) electrons. The Balaban J connectivity index is 2.45. The number of hydrogen-bond donors (Lipinski definition) is 2. The Morgan fingerprint density at radius 1 is 1.25 bits per heavy atom. The van der Waals surface area contributed by atoms with Crippen molar-refractivity contribution < 1.29 is 0 Å². The minimum Gasteiger partial charge on any atom is -0.398 e. The van der Waals surface area contributed by atoms with E-state index in [0.29, 0.717) is 0 Å². The average molecular weight is 216 g/mol. The summed E-state index contributed by atoms with van der Waals surface area (Å²) >= 11 is 0. The first-order valence-corrected chi connectivity index (χ1v) is 5.24. The number of nitrogens with one attached hydrogen (secondary N) is 1. The van der Waals surface area contributed by atoms with E-state index in [4.69, 9.17) is 5.73 Å². The second-order valence-electron chi connectivity index (χ2n) is 4.89. The molecule has 0 aliphatic heterocycles. The quantitative estimate of drug-likeness (QED) is 0.719. The van der Waals surface area contributed by atoms with Gasteiger partial charge < -0.3 is 5.73 Å². The third-order valence-corrected chi connectivity index (χ3v) is 2.55. The molecule has 0 aliphatic carbocycles. The highest BCUT2D eigenvalue weighted by Crippen LogP contribution is 2.30. The van der Waals surface area contributed by atoms with Gasteiger partial charge in [-0.2, -0.15) is 5.10 Å². The van der Waals surface area contributed by atoms with Crippen molar-refractivity contribution in [3.05, 3.63) is 30.1 Å². The molecule has 84 valence electrons. The number of nitrogen functional groups attached to an aromatic ring is 1. The van der Waals surface area contributed by atoms with Gasteiger partial charge in [0.2, 0.25) is 0 Å². The number of aromatic nitrogens is 3. The van der Waals surface area contributed by atoms with Crippen LogP contribution in [0.4, 0.5) is 5.69 Å². The molecule has 1 aromatic heterocycles. The maximum atomic E-state index is 6.05. The van der Waals surface area contributed by atoms with Crippen LogP contribution < -0.4 is 5.73 Å². The highest BCUT2D eigenvalue weighted by Gasteiger charge is 2.17. The molecule has 3 N–H and O–H groups in total. The molecule has 1 heterocycles. The summed E-state index contributed by atoms with van der Waals surface area (Å²) in [6, 6.07) is 5.99. The van der Waals surface area contributed by atoms with Crippen LogP contribution in [-0.4, -0.2) is 15.2 Å². The summed E-state index contributed by atoms with van der Waals surface area (Å²) in [4.78, 5) is 4.10. The van der Waals surface area contributed by atoms with E-state index in [2.05, 4.69) is 36.0 Å². The van der Waals surface area contributed by atoms with E-state index >= 15 is 0 Å². The molecule has 0 fully saturated rings. The lowest BCUT2D eigenvalue weighted by Crippen LogP contribution is -2.13. The van der Waals surface area contributed by atoms with Crippen molar-refractivity contribution in [3.63, 3.8) is 0 Å². The predicted octanol–water partition coefficient (Wildman–Crippen LogP) is 2.35. The van der Waals surface area contributed by atoms with Gasteiger partial charge in [0.05, 0.1) is 0 Å². The van der Waals surface area contributed by atoms with Gasteiger partial charge >= 0.3 is 0 Å². The van der Waals surface area contributed by atoms with E-state index in [1.165, 1.54) is 6.33 Å². The average Bonchev–Trinajstić information content (AvgIpc) is 2.68. The van der Waals surface area contributed by atoms with Crippen LogP contribution in [0.3, 0.4) is 0 Å². The fraction of sp³-hybridized carbons (Fsp3) is 0.333. The number of anilines is 1. The number of aromatic amines is 1. The first-order chi connectivity index (χ1) is 7.48. The van der Waals surface area contributed by atoms with Crippen LogP contribution in [0.25, 0.3) is 11.4 Å². The Kier molecular flexibility index (Phi) is 2.42. The molecule has 16 heavy (non-hydrogen) atoms. The first kappa shape index (κ1) is 10.7. The summed E-state index contributed by atoms with van der Waals surface area (Å²) in [5, 5.41) is 6.64. The third kappa shape index (κ3) is 1.91. The second kappa shape index (κ2) is 3.63. The van der Waals surface area contributed by atoms with Gasteiger partial charge in [-0.1, -0.05) is 32.9 Å². The standard InChI is InChI=1S/C12H16N4/c1-12(2,3)9-5-4-8(6-10(9)13)11-14-7-15-16-11/h4-7H,13H2,1-3H3,(H,14,15,16). The molecule has 0 spiro atoms. The molecule has 0 saturated carbocycles. The lowest BCUT2D eigenvalue weighted by atomic mass is 9.85. The van der Waals surface area contributed by atoms with Crippen molar-refractivity contribution in [1.29, 1.82) is 0 Å². The van der Waals surface area contributed by atoms with Crippen molar-refractivity contribution in [1.82, 2.24) is 15.2 Å². The summed E-state index contributed by atoms with van der Waals surface area (Å²) in [6.07, 6.45) is 1.49. The molecular weight excluding hydrogens is 200 g/mol. The monoisotopic (exact) mass is 216 g/mol. The largest absolute Gasteiger partial charge is 0.398 e. The summed E-state index contributed by atoms with van der Waals surface area (Å²) < 4.78 is 0. The van der Waals surface area contributed by atoms with Gasteiger partial charge in [0.1, 0.15) is 6.33 Å². The summed E-state index contributed by atoms with van der Waals surface area (Å²) in [7, 11) is 0. The van der Waals surface area contributed by atoms with Gasteiger partial charge in [0.25, 0.3) is 0 Å². The minimum absolute atomic E-state index is 0.0596. The van der Waals surface area contributed by atoms with Crippen molar-refractivity contribution in [2.45, 2.75) is 26.2 Å². The minimum atomic E-state index is 0.0596. The molecule has 0 unspecified atom stereocenters. The lowest BCUT2D eigenvalue weighted by Gasteiger charge is -2.21. The van der Waals surface area contributed by atoms with Crippen LogP contribution in [0.1, 0.15) is 26.3 Å². The number of nitrogens with zero attached hydrogens (tertiary/aromatic N) is 2. The van der Waals surface area contributed by atoms with E-state index in [1.807, 2.05) is 18.2 Å². The summed E-state index contributed by atoms with van der Waals surface area (Å²) in [5.74, 6) is 0.743. The van der Waals surface area contributed by atoms with Gasteiger partial charge in [-0.3, -0.25) is 5.10 Å². The zero-order valence-corrected chi connectivity index (χ0v) is 9.78. The van der Waals surface area contributed by atoms with Gasteiger partial charge in [-0.15, -0.1) is 0 Å². The van der Waals surface area contributed by atoms with E-state index in [9.17, 15) is 0 Å². The Morgan fingerprint density at radius 2 is 2.00 bits per heavy atom. The van der Waals surface area contributed by atoms with Crippen molar-refractivity contribution >= 4 is 5.69 Å². The zero-order chi connectivity index (χ0) is 11.8. The summed E-state index contributed by atoms with van der Waals surface area (Å²) in [6.45, 7) is 6.44. The van der Waals surface area contributed by atoms with E-state index in [-0.39, 0.29) is 5.41 Å². The maximum absolute atomic E-state index is 6.05. The van der Waals surface area contributed by atoms with Gasteiger partial charge in [-0.05, 0) is 17.0 Å². The first-order valence-electron chi connectivity index (χ1n) is 5.24. The Bertz CT molecular complexity index is 480.